The van der Waals surface area contributed by atoms with Crippen molar-refractivity contribution in [3.8, 4) is 22.3 Å². The summed E-state index contributed by atoms with van der Waals surface area (Å²) in [7, 11) is 17.4. The molecule has 4 aromatic carbocycles. The van der Waals surface area contributed by atoms with Gasteiger partial charge in [0.15, 0.2) is 0 Å². The van der Waals surface area contributed by atoms with Gasteiger partial charge in [0.1, 0.15) is 0 Å². The van der Waals surface area contributed by atoms with Gasteiger partial charge < -0.3 is 0 Å². The van der Waals surface area contributed by atoms with Gasteiger partial charge in [-0.15, -0.1) is 0 Å². The molecular formula is C50H53Cl2F12SiZr. The van der Waals surface area contributed by atoms with Crippen LogP contribution in [0.2, 0.25) is 13.1 Å². The van der Waals surface area contributed by atoms with Crippen molar-refractivity contribution in [2.24, 2.45) is 10.8 Å². The Kier molecular flexibility index (Phi) is 13.7. The predicted octanol–water partition coefficient (Wildman–Crippen LogP) is 18.6. The van der Waals surface area contributed by atoms with Gasteiger partial charge in [0, 0.05) is 0 Å². The van der Waals surface area contributed by atoms with Crippen molar-refractivity contribution >= 4 is 35.1 Å². The van der Waals surface area contributed by atoms with E-state index in [1.54, 1.807) is 12.1 Å². The molecule has 0 amide bonds. The van der Waals surface area contributed by atoms with Gasteiger partial charge in [0.2, 0.25) is 0 Å². The molecule has 2 aliphatic rings. The Bertz CT molecular complexity index is 2380. The molecule has 0 fully saturated rings. The zero-order valence-corrected chi connectivity index (χ0v) is 43.4. The summed E-state index contributed by atoms with van der Waals surface area (Å²) < 4.78 is 172. The maximum absolute atomic E-state index is 14.4. The quantitative estimate of drug-likeness (QED) is 0.116. The summed E-state index contributed by atoms with van der Waals surface area (Å²) >= 11 is -5.99. The fraction of sp³-hybridized carbons (Fsp3) is 0.440. The molecule has 0 heterocycles. The average molecular weight is 1070 g/mol. The van der Waals surface area contributed by atoms with Gasteiger partial charge >= 0.3 is 390 Å². The Morgan fingerprint density at radius 3 is 1.00 bits per heavy atom. The molecule has 16 heteroatoms. The van der Waals surface area contributed by atoms with Gasteiger partial charge in [-0.3, -0.25) is 0 Å². The first-order valence-electron chi connectivity index (χ1n) is 21.9. The van der Waals surface area contributed by atoms with E-state index in [4.69, 9.17) is 17.0 Å². The Labute approximate surface area is 387 Å². The average Bonchev–Trinajstić information content (AvgIpc) is 3.78. The molecule has 0 saturated heterocycles. The van der Waals surface area contributed by atoms with Crippen LogP contribution in [0.25, 0.3) is 34.4 Å². The van der Waals surface area contributed by atoms with Gasteiger partial charge in [-0.2, -0.15) is 0 Å². The standard InChI is InChI=1S/2C24H23F6.C2H7Si.2ClH.Zr/c2*1-5-6-14-7-8-15-9-17(22(2,3)4)13-20(15)21(14)16-10-18(23(25,26)27)12-19(11-16)24(28,29)30;1-3-2;;;/h2*7-13H,5-6H2,1-4H3;3H,1-2H3;2*1H;/q;;;;;+2/p-2. The first-order chi connectivity index (χ1) is 30.0. The normalized spacial score (nSPS) is 18.0. The monoisotopic (exact) mass is 1070 g/mol. The summed E-state index contributed by atoms with van der Waals surface area (Å²) in [6, 6.07) is 10.3. The number of alkyl halides is 12. The molecule has 0 aromatic heterocycles. The summed E-state index contributed by atoms with van der Waals surface area (Å²) in [5.41, 5.74) is -2.89. The molecule has 0 bridgehead atoms. The summed E-state index contributed by atoms with van der Waals surface area (Å²) in [4.78, 5) is 0. The van der Waals surface area contributed by atoms with Crippen LogP contribution in [0.3, 0.4) is 0 Å². The summed E-state index contributed by atoms with van der Waals surface area (Å²) in [6.07, 6.45) is -15.1. The fourth-order valence-corrected chi connectivity index (χ4v) is 41.6. The van der Waals surface area contributed by atoms with E-state index < -0.39 is 86.5 Å². The number of hydrogen-bond acceptors (Lipinski definition) is 0. The predicted molar refractivity (Wildman–Crippen MR) is 243 cm³/mol. The second kappa shape index (κ2) is 17.3. The van der Waals surface area contributed by atoms with Gasteiger partial charge in [-0.1, -0.05) is 0 Å². The number of rotatable bonds is 9. The summed E-state index contributed by atoms with van der Waals surface area (Å²) in [5, 5.41) is 0. The number of allylic oxidation sites excluding steroid dienone is 2. The van der Waals surface area contributed by atoms with E-state index in [1.165, 1.54) is 0 Å². The van der Waals surface area contributed by atoms with Crippen LogP contribution >= 0.6 is 17.0 Å². The third kappa shape index (κ3) is 9.45. The summed E-state index contributed by atoms with van der Waals surface area (Å²) in [6.45, 7) is 19.4. The molecule has 6 rings (SSSR count). The van der Waals surface area contributed by atoms with Crippen LogP contribution in [0.1, 0.15) is 131 Å². The van der Waals surface area contributed by atoms with Gasteiger partial charge in [-0.25, -0.2) is 0 Å². The van der Waals surface area contributed by atoms with Crippen molar-refractivity contribution in [1.29, 1.82) is 0 Å². The van der Waals surface area contributed by atoms with Crippen LogP contribution in [-0.4, -0.2) is 5.92 Å². The molecule has 0 aliphatic heterocycles. The fourth-order valence-electron chi connectivity index (χ4n) is 10.1. The number of halogens is 14. The number of benzene rings is 4. The molecule has 0 spiro atoms. The topological polar surface area (TPSA) is 0 Å². The van der Waals surface area contributed by atoms with E-state index in [1.807, 2.05) is 92.8 Å². The number of fused-ring (bicyclic) bond motifs is 2. The van der Waals surface area contributed by atoms with Crippen molar-refractivity contribution < 1.29 is 68.2 Å². The molecule has 0 N–H and O–H groups in total. The van der Waals surface area contributed by atoms with Gasteiger partial charge in [0.25, 0.3) is 0 Å². The van der Waals surface area contributed by atoms with Crippen LogP contribution in [0, 0.1) is 10.8 Å². The molecule has 66 heavy (non-hydrogen) atoms. The molecule has 0 nitrogen and oxygen atoms in total. The zero-order valence-electron chi connectivity index (χ0n) is 38.3. The molecular weight excluding hydrogens is 1020 g/mol. The third-order valence-electron chi connectivity index (χ3n) is 13.3. The van der Waals surface area contributed by atoms with Crippen molar-refractivity contribution in [2.75, 3.05) is 0 Å². The van der Waals surface area contributed by atoms with Crippen LogP contribution < -0.4 is 0 Å². The van der Waals surface area contributed by atoms with E-state index in [2.05, 4.69) is 0 Å². The van der Waals surface area contributed by atoms with E-state index in [9.17, 15) is 52.7 Å². The summed E-state index contributed by atoms with van der Waals surface area (Å²) in [5.74, 6) is -2.45. The van der Waals surface area contributed by atoms with Gasteiger partial charge in [-0.05, 0) is 0 Å². The minimum atomic E-state index is -5.99. The number of aryl methyl sites for hydroxylation is 2. The number of hydrogen-bond donors (Lipinski definition) is 0. The second-order valence-electron chi connectivity index (χ2n) is 20.2. The second-order valence-corrected chi connectivity index (χ2v) is 62.7. The Morgan fingerprint density at radius 2 is 0.773 bits per heavy atom. The van der Waals surface area contributed by atoms with Crippen molar-refractivity contribution in [1.82, 2.24) is 0 Å². The Hall–Kier alpha value is -2.80. The van der Waals surface area contributed by atoms with Crippen molar-refractivity contribution in [3.63, 3.8) is 0 Å². The first-order valence-corrected chi connectivity index (χ1v) is 38.2. The molecule has 359 valence electrons. The molecule has 2 unspecified atom stereocenters. The minimum absolute atomic E-state index is 0.102. The zero-order chi connectivity index (χ0) is 49.7. The molecule has 2 atom stereocenters. The first kappa shape index (κ1) is 52.6. The van der Waals surface area contributed by atoms with Crippen molar-refractivity contribution in [2.45, 2.75) is 126 Å². The molecule has 2 aliphatic carbocycles. The van der Waals surface area contributed by atoms with Gasteiger partial charge in [0.05, 0.1) is 0 Å². The Morgan fingerprint density at radius 1 is 0.485 bits per heavy atom. The maximum atomic E-state index is 14.4. The van der Waals surface area contributed by atoms with E-state index in [-0.39, 0.29) is 34.4 Å². The van der Waals surface area contributed by atoms with Crippen LogP contribution in [0.15, 0.2) is 71.8 Å². The SMILES string of the molecule is CCCc1ccc2c(c1-c1cc(C(F)(F)F)cc(C(F)(F)F)c1)C=C(C(C)(C)C)[CH]2[Zr]([Cl])([Cl])([CH]1C(C(C)(C)C)=Cc2c1ccc(CCC)c2-c1cc(C(F)(F)F)cc(C(F)(F)F)c1)[SiH](C)C. The Balaban J connectivity index is 1.76. The van der Waals surface area contributed by atoms with E-state index in [0.29, 0.717) is 59.1 Å². The molecule has 0 radical (unpaired) electrons. The van der Waals surface area contributed by atoms with Crippen LogP contribution in [0.4, 0.5) is 52.7 Å². The van der Waals surface area contributed by atoms with E-state index >= 15 is 0 Å². The van der Waals surface area contributed by atoms with E-state index in [0.717, 1.165) is 35.4 Å². The van der Waals surface area contributed by atoms with Crippen LogP contribution in [0.5, 0.6) is 0 Å². The third-order valence-corrected chi connectivity index (χ3v) is 64.9. The molecule has 0 saturated carbocycles. The van der Waals surface area contributed by atoms with Crippen LogP contribution in [-0.2, 0) is 53.1 Å². The molecule has 4 aromatic rings. The van der Waals surface area contributed by atoms with Crippen molar-refractivity contribution in [3.05, 3.63) is 127 Å².